The Bertz CT molecular complexity index is 802. The highest BCUT2D eigenvalue weighted by molar-refractivity contribution is 7.15. The van der Waals surface area contributed by atoms with Gasteiger partial charge in [0.05, 0.1) is 0 Å². The maximum atomic E-state index is 5.94. The van der Waals surface area contributed by atoms with Crippen LogP contribution in [-0.4, -0.2) is 10.2 Å². The van der Waals surface area contributed by atoms with Crippen LogP contribution < -0.4 is 10.1 Å². The van der Waals surface area contributed by atoms with Crippen molar-refractivity contribution in [1.29, 1.82) is 0 Å². The number of rotatable bonds is 5. The van der Waals surface area contributed by atoms with Gasteiger partial charge in [0.15, 0.2) is 5.01 Å². The average molecular weight is 366 g/mol. The molecule has 0 atom stereocenters. The zero-order valence-electron chi connectivity index (χ0n) is 12.2. The molecule has 0 aliphatic rings. The molecule has 0 unspecified atom stereocenters. The summed E-state index contributed by atoms with van der Waals surface area (Å²) in [5.41, 5.74) is 2.16. The molecular weight excluding hydrogens is 353 g/mol. The van der Waals surface area contributed by atoms with E-state index in [-0.39, 0.29) is 0 Å². The highest BCUT2D eigenvalue weighted by atomic mass is 35.5. The van der Waals surface area contributed by atoms with Crippen LogP contribution in [-0.2, 0) is 6.61 Å². The van der Waals surface area contributed by atoms with Crippen LogP contribution in [0.4, 0.5) is 10.8 Å². The van der Waals surface area contributed by atoms with Gasteiger partial charge in [0.1, 0.15) is 12.4 Å². The lowest BCUT2D eigenvalue weighted by Gasteiger charge is -2.05. The number of nitrogens with zero attached hydrogens (tertiary/aromatic N) is 2. The lowest BCUT2D eigenvalue weighted by molar-refractivity contribution is 0.304. The number of ether oxygens (including phenoxy) is 1. The Balaban J connectivity index is 1.64. The van der Waals surface area contributed by atoms with Gasteiger partial charge in [-0.2, -0.15) is 0 Å². The Labute approximate surface area is 148 Å². The zero-order chi connectivity index (χ0) is 16.2. The van der Waals surface area contributed by atoms with Crippen molar-refractivity contribution in [3.63, 3.8) is 0 Å². The standard InChI is InChI=1S/C16H13Cl2N3OS/c1-10-4-2-3-5-14(10)19-16-21-20-15(23-16)9-22-13-7-11(17)6-12(18)8-13/h2-8H,9H2,1H3,(H,19,21). The predicted octanol–water partition coefficient (Wildman–Crippen LogP) is 5.48. The van der Waals surface area contributed by atoms with Gasteiger partial charge in [-0.15, -0.1) is 10.2 Å². The topological polar surface area (TPSA) is 47.0 Å². The Morgan fingerprint density at radius 1 is 1.09 bits per heavy atom. The van der Waals surface area contributed by atoms with Gasteiger partial charge in [-0.25, -0.2) is 0 Å². The molecule has 0 aliphatic heterocycles. The van der Waals surface area contributed by atoms with Crippen molar-refractivity contribution < 1.29 is 4.74 Å². The molecule has 118 valence electrons. The molecule has 0 spiro atoms. The lowest BCUT2D eigenvalue weighted by Crippen LogP contribution is -1.94. The van der Waals surface area contributed by atoms with Gasteiger partial charge < -0.3 is 10.1 Å². The number of aryl methyl sites for hydroxylation is 1. The Hall–Kier alpha value is -1.82. The van der Waals surface area contributed by atoms with Gasteiger partial charge >= 0.3 is 0 Å². The first kappa shape index (κ1) is 16.1. The number of anilines is 2. The van der Waals surface area contributed by atoms with Crippen LogP contribution in [0.2, 0.25) is 10.0 Å². The average Bonchev–Trinajstić information content (AvgIpc) is 2.94. The number of hydrogen-bond acceptors (Lipinski definition) is 5. The molecule has 2 aromatic carbocycles. The van der Waals surface area contributed by atoms with E-state index in [1.807, 2.05) is 31.2 Å². The van der Waals surface area contributed by atoms with E-state index in [1.54, 1.807) is 18.2 Å². The molecule has 7 heteroatoms. The summed E-state index contributed by atoms with van der Waals surface area (Å²) in [4.78, 5) is 0. The SMILES string of the molecule is Cc1ccccc1Nc1nnc(COc2cc(Cl)cc(Cl)c2)s1. The van der Waals surface area contributed by atoms with Crippen molar-refractivity contribution in [1.82, 2.24) is 10.2 Å². The summed E-state index contributed by atoms with van der Waals surface area (Å²) in [5, 5.41) is 14.1. The lowest BCUT2D eigenvalue weighted by atomic mass is 10.2. The van der Waals surface area contributed by atoms with Crippen LogP contribution in [0.3, 0.4) is 0 Å². The highest BCUT2D eigenvalue weighted by Gasteiger charge is 2.07. The summed E-state index contributed by atoms with van der Waals surface area (Å²) in [7, 11) is 0. The molecular formula is C16H13Cl2N3OS. The minimum Gasteiger partial charge on any atom is -0.486 e. The second kappa shape index (κ2) is 7.17. The fourth-order valence-electron chi connectivity index (χ4n) is 1.95. The van der Waals surface area contributed by atoms with Crippen LogP contribution in [0.15, 0.2) is 42.5 Å². The molecule has 23 heavy (non-hydrogen) atoms. The van der Waals surface area contributed by atoms with Crippen molar-refractivity contribution in [3.8, 4) is 5.75 Å². The summed E-state index contributed by atoms with van der Waals surface area (Å²) in [6, 6.07) is 13.1. The van der Waals surface area contributed by atoms with E-state index in [0.717, 1.165) is 21.4 Å². The van der Waals surface area contributed by atoms with E-state index >= 15 is 0 Å². The van der Waals surface area contributed by atoms with Gasteiger partial charge in [0.25, 0.3) is 0 Å². The normalized spacial score (nSPS) is 10.6. The highest BCUT2D eigenvalue weighted by Crippen LogP contribution is 2.26. The van der Waals surface area contributed by atoms with Gasteiger partial charge in [-0.3, -0.25) is 0 Å². The van der Waals surface area contributed by atoms with Crippen LogP contribution in [0.1, 0.15) is 10.6 Å². The van der Waals surface area contributed by atoms with Crippen LogP contribution in [0, 0.1) is 6.92 Å². The van der Waals surface area contributed by atoms with E-state index in [4.69, 9.17) is 27.9 Å². The van der Waals surface area contributed by atoms with E-state index in [0.29, 0.717) is 22.4 Å². The smallest absolute Gasteiger partial charge is 0.210 e. The molecule has 1 heterocycles. The molecule has 4 nitrogen and oxygen atoms in total. The largest absolute Gasteiger partial charge is 0.486 e. The number of hydrogen-bond donors (Lipinski definition) is 1. The fourth-order valence-corrected chi connectivity index (χ4v) is 3.12. The molecule has 0 bridgehead atoms. The van der Waals surface area contributed by atoms with Gasteiger partial charge in [0, 0.05) is 15.7 Å². The maximum Gasteiger partial charge on any atom is 0.210 e. The van der Waals surface area contributed by atoms with Gasteiger partial charge in [-0.1, -0.05) is 52.7 Å². The van der Waals surface area contributed by atoms with Gasteiger partial charge in [-0.05, 0) is 36.8 Å². The molecule has 0 saturated heterocycles. The molecule has 0 amide bonds. The summed E-state index contributed by atoms with van der Waals surface area (Å²) < 4.78 is 5.65. The molecule has 3 aromatic rings. The van der Waals surface area contributed by atoms with Crippen molar-refractivity contribution in [3.05, 3.63) is 63.1 Å². The molecule has 1 N–H and O–H groups in total. The third-order valence-corrected chi connectivity index (χ3v) is 4.30. The zero-order valence-corrected chi connectivity index (χ0v) is 14.5. The summed E-state index contributed by atoms with van der Waals surface area (Å²) in [5.74, 6) is 0.603. The van der Waals surface area contributed by atoms with Crippen molar-refractivity contribution in [2.24, 2.45) is 0 Å². The van der Waals surface area contributed by atoms with E-state index in [1.165, 1.54) is 11.3 Å². The Kier molecular flexibility index (Phi) is 5.00. The quantitative estimate of drug-likeness (QED) is 0.650. The summed E-state index contributed by atoms with van der Waals surface area (Å²) in [6.45, 7) is 2.35. The summed E-state index contributed by atoms with van der Waals surface area (Å²) in [6.07, 6.45) is 0. The molecule has 3 rings (SSSR count). The minimum atomic E-state index is 0.309. The first-order valence-corrected chi connectivity index (χ1v) is 8.41. The van der Waals surface area contributed by atoms with E-state index in [2.05, 4.69) is 15.5 Å². The van der Waals surface area contributed by atoms with E-state index < -0.39 is 0 Å². The number of para-hydroxylation sites is 1. The number of halogens is 2. The second-order valence-corrected chi connectivity index (χ2v) is 6.77. The Morgan fingerprint density at radius 3 is 2.57 bits per heavy atom. The van der Waals surface area contributed by atoms with Crippen LogP contribution >= 0.6 is 34.5 Å². The third kappa shape index (κ3) is 4.34. The fraction of sp³-hybridized carbons (Fsp3) is 0.125. The van der Waals surface area contributed by atoms with Gasteiger partial charge in [0.2, 0.25) is 5.13 Å². The van der Waals surface area contributed by atoms with Crippen LogP contribution in [0.25, 0.3) is 0 Å². The molecule has 1 aromatic heterocycles. The molecule has 0 radical (unpaired) electrons. The Morgan fingerprint density at radius 2 is 1.83 bits per heavy atom. The van der Waals surface area contributed by atoms with E-state index in [9.17, 15) is 0 Å². The molecule has 0 aliphatic carbocycles. The van der Waals surface area contributed by atoms with Crippen molar-refractivity contribution in [2.45, 2.75) is 13.5 Å². The van der Waals surface area contributed by atoms with Crippen molar-refractivity contribution >= 4 is 45.4 Å². The second-order valence-electron chi connectivity index (χ2n) is 4.83. The third-order valence-electron chi connectivity index (χ3n) is 3.05. The first-order chi connectivity index (χ1) is 11.1. The maximum absolute atomic E-state index is 5.94. The monoisotopic (exact) mass is 365 g/mol. The first-order valence-electron chi connectivity index (χ1n) is 6.84. The number of aromatic nitrogens is 2. The predicted molar refractivity (Wildman–Crippen MR) is 95.2 cm³/mol. The van der Waals surface area contributed by atoms with Crippen LogP contribution in [0.5, 0.6) is 5.75 Å². The number of benzene rings is 2. The number of nitrogens with one attached hydrogen (secondary N) is 1. The minimum absolute atomic E-state index is 0.309. The molecule has 0 fully saturated rings. The molecule has 0 saturated carbocycles. The summed E-state index contributed by atoms with van der Waals surface area (Å²) >= 11 is 13.3. The van der Waals surface area contributed by atoms with Crippen molar-refractivity contribution in [2.75, 3.05) is 5.32 Å².